The highest BCUT2D eigenvalue weighted by atomic mass is 79.9. The molecule has 0 unspecified atom stereocenters. The van der Waals surface area contributed by atoms with Gasteiger partial charge in [-0.1, -0.05) is 15.9 Å². The molecule has 110 valence electrons. The van der Waals surface area contributed by atoms with Gasteiger partial charge in [-0.2, -0.15) is 0 Å². The molecule has 2 rings (SSSR count). The number of anilines is 2. The van der Waals surface area contributed by atoms with E-state index >= 15 is 0 Å². The number of ether oxygens (including phenoxy) is 1. The van der Waals surface area contributed by atoms with Gasteiger partial charge in [-0.3, -0.25) is 4.79 Å². The van der Waals surface area contributed by atoms with Gasteiger partial charge in [-0.25, -0.2) is 0 Å². The molecule has 20 heavy (non-hydrogen) atoms. The minimum absolute atomic E-state index is 0.0749. The molecule has 1 fully saturated rings. The summed E-state index contributed by atoms with van der Waals surface area (Å²) >= 11 is 3.42. The van der Waals surface area contributed by atoms with E-state index in [2.05, 4.69) is 20.8 Å². The highest BCUT2D eigenvalue weighted by Gasteiger charge is 2.23. The van der Waals surface area contributed by atoms with Crippen LogP contribution in [-0.4, -0.2) is 25.7 Å². The molecular weight excluding hydrogens is 320 g/mol. The lowest BCUT2D eigenvalue weighted by Crippen LogP contribution is -2.35. The van der Waals surface area contributed by atoms with Crippen LogP contribution in [0.15, 0.2) is 22.7 Å². The predicted octanol–water partition coefficient (Wildman–Crippen LogP) is 3.20. The lowest BCUT2D eigenvalue weighted by atomic mass is 9.93. The smallest absolute Gasteiger partial charge is 0.306 e. The van der Waals surface area contributed by atoms with E-state index in [1.54, 1.807) is 0 Å². The molecule has 0 saturated carbocycles. The maximum absolute atomic E-state index is 11.5. The number of nitrogen functional groups attached to an aromatic ring is 1. The summed E-state index contributed by atoms with van der Waals surface area (Å²) in [6.45, 7) is 4.19. The molecule has 0 atom stereocenters. The summed E-state index contributed by atoms with van der Waals surface area (Å²) in [5.74, 6) is 0.357. The maximum Gasteiger partial charge on any atom is 0.306 e. The second kappa shape index (κ2) is 6.97. The first-order valence-electron chi connectivity index (χ1n) is 7.05. The standard InChI is InChI=1S/C15H21BrN2O2/c1-2-20-15(19)9-11-5-7-18(8-6-11)14-4-3-12(16)10-13(14)17/h3-4,10-11H,2,5-9,17H2,1H3. The number of rotatable bonds is 4. The Morgan fingerprint density at radius 3 is 2.75 bits per heavy atom. The first kappa shape index (κ1) is 15.2. The Bertz CT molecular complexity index is 471. The third kappa shape index (κ3) is 3.88. The molecule has 1 aromatic rings. The second-order valence-electron chi connectivity index (χ2n) is 5.14. The molecule has 0 amide bonds. The van der Waals surface area contributed by atoms with Gasteiger partial charge in [0.25, 0.3) is 0 Å². The molecule has 4 nitrogen and oxygen atoms in total. The molecule has 1 saturated heterocycles. The molecule has 0 radical (unpaired) electrons. The average molecular weight is 341 g/mol. The predicted molar refractivity (Wildman–Crippen MR) is 84.7 cm³/mol. The summed E-state index contributed by atoms with van der Waals surface area (Å²) in [5.41, 5.74) is 7.94. The molecule has 1 aliphatic rings. The van der Waals surface area contributed by atoms with Crippen molar-refractivity contribution in [2.24, 2.45) is 5.92 Å². The van der Waals surface area contributed by atoms with Crippen molar-refractivity contribution in [2.75, 3.05) is 30.3 Å². The maximum atomic E-state index is 11.5. The number of hydrogen-bond donors (Lipinski definition) is 1. The number of nitrogens with zero attached hydrogens (tertiary/aromatic N) is 1. The third-order valence-electron chi connectivity index (χ3n) is 3.71. The van der Waals surface area contributed by atoms with Crippen LogP contribution in [0, 0.1) is 5.92 Å². The van der Waals surface area contributed by atoms with Gasteiger partial charge in [-0.05, 0) is 43.9 Å². The summed E-state index contributed by atoms with van der Waals surface area (Å²) in [6, 6.07) is 5.99. The summed E-state index contributed by atoms with van der Waals surface area (Å²) in [6.07, 6.45) is 2.56. The van der Waals surface area contributed by atoms with Gasteiger partial charge < -0.3 is 15.4 Å². The van der Waals surface area contributed by atoms with E-state index < -0.39 is 0 Å². The van der Waals surface area contributed by atoms with Crippen molar-refractivity contribution in [3.63, 3.8) is 0 Å². The fraction of sp³-hybridized carbons (Fsp3) is 0.533. The highest BCUT2D eigenvalue weighted by molar-refractivity contribution is 9.10. The van der Waals surface area contributed by atoms with E-state index in [4.69, 9.17) is 10.5 Å². The molecule has 0 aliphatic carbocycles. The number of carbonyl (C=O) groups excluding carboxylic acids is 1. The summed E-state index contributed by atoms with van der Waals surface area (Å²) in [5, 5.41) is 0. The molecule has 0 bridgehead atoms. The quantitative estimate of drug-likeness (QED) is 0.675. The highest BCUT2D eigenvalue weighted by Crippen LogP contribution is 2.31. The van der Waals surface area contributed by atoms with Gasteiger partial charge >= 0.3 is 5.97 Å². The largest absolute Gasteiger partial charge is 0.466 e. The van der Waals surface area contributed by atoms with Crippen molar-refractivity contribution >= 4 is 33.3 Å². The molecule has 1 aliphatic heterocycles. The number of benzene rings is 1. The van der Waals surface area contributed by atoms with Crippen LogP contribution in [0.1, 0.15) is 26.2 Å². The van der Waals surface area contributed by atoms with Crippen LogP contribution in [0.3, 0.4) is 0 Å². The number of hydrogen-bond acceptors (Lipinski definition) is 4. The number of piperidine rings is 1. The van der Waals surface area contributed by atoms with E-state index in [0.29, 0.717) is 18.9 Å². The van der Waals surface area contributed by atoms with E-state index in [0.717, 1.165) is 41.8 Å². The molecular formula is C15H21BrN2O2. The van der Waals surface area contributed by atoms with Crippen LogP contribution in [-0.2, 0) is 9.53 Å². The van der Waals surface area contributed by atoms with E-state index in [1.807, 2.05) is 25.1 Å². The topological polar surface area (TPSA) is 55.6 Å². The fourth-order valence-corrected chi connectivity index (χ4v) is 3.03. The number of halogens is 1. The van der Waals surface area contributed by atoms with Gasteiger partial charge in [0, 0.05) is 24.0 Å². The Morgan fingerprint density at radius 2 is 2.15 bits per heavy atom. The lowest BCUT2D eigenvalue weighted by molar-refractivity contribution is -0.144. The van der Waals surface area contributed by atoms with Crippen molar-refractivity contribution in [2.45, 2.75) is 26.2 Å². The van der Waals surface area contributed by atoms with Crippen LogP contribution < -0.4 is 10.6 Å². The first-order chi connectivity index (χ1) is 9.60. The van der Waals surface area contributed by atoms with Crippen LogP contribution in [0.4, 0.5) is 11.4 Å². The minimum Gasteiger partial charge on any atom is -0.466 e. The third-order valence-corrected chi connectivity index (χ3v) is 4.20. The van der Waals surface area contributed by atoms with Crippen LogP contribution in [0.5, 0.6) is 0 Å². The van der Waals surface area contributed by atoms with Gasteiger partial charge in [0.05, 0.1) is 18.0 Å². The number of nitrogens with two attached hydrogens (primary N) is 1. The van der Waals surface area contributed by atoms with E-state index in [-0.39, 0.29) is 5.97 Å². The van der Waals surface area contributed by atoms with Gasteiger partial charge in [-0.15, -0.1) is 0 Å². The molecule has 2 N–H and O–H groups in total. The van der Waals surface area contributed by atoms with Crippen molar-refractivity contribution < 1.29 is 9.53 Å². The Kier molecular flexibility index (Phi) is 5.29. The van der Waals surface area contributed by atoms with E-state index in [9.17, 15) is 4.79 Å². The summed E-state index contributed by atoms with van der Waals surface area (Å²) in [7, 11) is 0. The zero-order chi connectivity index (χ0) is 14.5. The number of carbonyl (C=O) groups is 1. The van der Waals surface area contributed by atoms with Crippen molar-refractivity contribution in [1.82, 2.24) is 0 Å². The van der Waals surface area contributed by atoms with Crippen molar-refractivity contribution in [3.05, 3.63) is 22.7 Å². The summed E-state index contributed by atoms with van der Waals surface area (Å²) in [4.78, 5) is 13.8. The molecule has 1 heterocycles. The van der Waals surface area contributed by atoms with Crippen LogP contribution in [0.25, 0.3) is 0 Å². The Hall–Kier alpha value is -1.23. The number of esters is 1. The van der Waals surface area contributed by atoms with Gasteiger partial charge in [0.2, 0.25) is 0 Å². The zero-order valence-electron chi connectivity index (χ0n) is 11.8. The Labute approximate surface area is 128 Å². The Balaban J connectivity index is 1.89. The van der Waals surface area contributed by atoms with E-state index in [1.165, 1.54) is 0 Å². The average Bonchev–Trinajstić information content (AvgIpc) is 2.40. The monoisotopic (exact) mass is 340 g/mol. The van der Waals surface area contributed by atoms with Crippen LogP contribution in [0.2, 0.25) is 0 Å². The van der Waals surface area contributed by atoms with Gasteiger partial charge in [0.15, 0.2) is 0 Å². The Morgan fingerprint density at radius 1 is 1.45 bits per heavy atom. The minimum atomic E-state index is -0.0749. The van der Waals surface area contributed by atoms with Crippen molar-refractivity contribution in [3.8, 4) is 0 Å². The SMILES string of the molecule is CCOC(=O)CC1CCN(c2ccc(Br)cc2N)CC1. The normalized spacial score (nSPS) is 16.2. The molecule has 1 aromatic carbocycles. The van der Waals surface area contributed by atoms with Crippen molar-refractivity contribution in [1.29, 1.82) is 0 Å². The lowest BCUT2D eigenvalue weighted by Gasteiger charge is -2.34. The molecule has 0 aromatic heterocycles. The fourth-order valence-electron chi connectivity index (χ4n) is 2.65. The first-order valence-corrected chi connectivity index (χ1v) is 7.85. The van der Waals surface area contributed by atoms with Crippen LogP contribution >= 0.6 is 15.9 Å². The summed E-state index contributed by atoms with van der Waals surface area (Å²) < 4.78 is 6.01. The zero-order valence-corrected chi connectivity index (χ0v) is 13.4. The molecule has 5 heteroatoms. The molecule has 0 spiro atoms. The second-order valence-corrected chi connectivity index (χ2v) is 6.06. The van der Waals surface area contributed by atoms with Gasteiger partial charge in [0.1, 0.15) is 0 Å².